The van der Waals surface area contributed by atoms with Crippen molar-refractivity contribution in [1.29, 1.82) is 0 Å². The van der Waals surface area contributed by atoms with Crippen molar-refractivity contribution >= 4 is 13.6 Å². The molecule has 18 heavy (non-hydrogen) atoms. The summed E-state index contributed by atoms with van der Waals surface area (Å²) in [6, 6.07) is 0. The van der Waals surface area contributed by atoms with Crippen LogP contribution in [0.2, 0.25) is 0 Å². The molecule has 0 fully saturated rings. The van der Waals surface area contributed by atoms with Crippen LogP contribution in [0.3, 0.4) is 0 Å². The van der Waals surface area contributed by atoms with Gasteiger partial charge in [-0.1, -0.05) is 13.8 Å². The molecule has 103 valence electrons. The Morgan fingerprint density at radius 1 is 1.06 bits per heavy atom. The Hall–Kier alpha value is -0.957. The Balaban J connectivity index is -0.0000000937. The molecule has 1 aromatic heterocycles. The molecule has 0 amide bonds. The molecule has 1 radical (unpaired) electrons. The normalized spacial score (nSPS) is 7.50. The van der Waals surface area contributed by atoms with E-state index in [1.807, 2.05) is 0 Å². The number of hydrogen-bond donors (Lipinski definition) is 0. The van der Waals surface area contributed by atoms with Gasteiger partial charge < -0.3 is 15.5 Å². The third-order valence-corrected chi connectivity index (χ3v) is 1.17. The fourth-order valence-electron chi connectivity index (χ4n) is 0.609. The molecule has 1 aromatic rings. The van der Waals surface area contributed by atoms with Gasteiger partial charge in [0.15, 0.2) is 0 Å². The first kappa shape index (κ1) is 25.8. The summed E-state index contributed by atoms with van der Waals surface area (Å²) in [7, 11) is 0. The van der Waals surface area contributed by atoms with Crippen molar-refractivity contribution in [3.8, 4) is 0 Å². The van der Waals surface area contributed by atoms with Gasteiger partial charge in [0, 0.05) is 18.6 Å². The number of aromatic nitrogens is 2. The number of rotatable bonds is 1. The monoisotopic (exact) mass is 339 g/mol. The minimum absolute atomic E-state index is 0. The predicted molar refractivity (Wildman–Crippen MR) is 69.9 cm³/mol. The number of hydrogen-bond acceptors (Lipinski definition) is 4. The van der Waals surface area contributed by atoms with Crippen LogP contribution < -0.4 is 0 Å². The molecule has 0 atom stereocenters. The van der Waals surface area contributed by atoms with E-state index in [1.54, 1.807) is 18.6 Å². The third kappa shape index (κ3) is 24.3. The summed E-state index contributed by atoms with van der Waals surface area (Å²) in [5.41, 5.74) is 1.05. The van der Waals surface area contributed by atoms with Crippen LogP contribution >= 0.6 is 0 Å². The van der Waals surface area contributed by atoms with Gasteiger partial charge in [0.25, 0.3) is 0 Å². The maximum absolute atomic E-state index is 7.75. The Morgan fingerprint density at radius 3 is 1.61 bits per heavy atom. The van der Waals surface area contributed by atoms with Crippen LogP contribution in [-0.2, 0) is 29.1 Å². The minimum Gasteiger partial charge on any atom is -0.545 e. The summed E-state index contributed by atoms with van der Waals surface area (Å²) in [6.45, 7) is 17.0. The first-order chi connectivity index (χ1) is 8.04. The van der Waals surface area contributed by atoms with Crippen molar-refractivity contribution in [2.75, 3.05) is 0 Å². The van der Waals surface area contributed by atoms with E-state index in [0.717, 1.165) is 5.69 Å². The van der Waals surface area contributed by atoms with Crippen LogP contribution in [0.5, 0.6) is 0 Å². The molecular weight excluding hydrogens is 317 g/mol. The smallest absolute Gasteiger partial charge is 0.545 e. The summed E-state index contributed by atoms with van der Waals surface area (Å²) in [5, 5.41) is 0. The van der Waals surface area contributed by atoms with E-state index in [2.05, 4.69) is 58.2 Å². The average molecular weight is 338 g/mol. The van der Waals surface area contributed by atoms with E-state index < -0.39 is 0 Å². The summed E-state index contributed by atoms with van der Waals surface area (Å²) in [4.78, 5) is 23.6. The number of nitrogens with zero attached hydrogens (tertiary/aromatic N) is 2. The molecule has 0 spiro atoms. The van der Waals surface area contributed by atoms with Crippen LogP contribution in [-0.4, -0.2) is 23.5 Å². The first-order valence-electron chi connectivity index (χ1n) is 5.03. The van der Waals surface area contributed by atoms with Gasteiger partial charge in [-0.3, -0.25) is 23.5 Å². The van der Waals surface area contributed by atoms with Crippen LogP contribution in [0.4, 0.5) is 0 Å². The quantitative estimate of drug-likeness (QED) is 0.449. The maximum atomic E-state index is 7.75. The topological polar surface area (TPSA) is 59.9 Å². The first-order valence-corrected chi connectivity index (χ1v) is 5.03. The van der Waals surface area contributed by atoms with Gasteiger partial charge in [-0.15, -0.1) is 0 Å². The second-order valence-electron chi connectivity index (χ2n) is 3.78. The summed E-state index contributed by atoms with van der Waals surface area (Å²) < 4.78 is 0. The van der Waals surface area contributed by atoms with Gasteiger partial charge in [0.05, 0.1) is 5.69 Å². The molecule has 0 bridgehead atoms. The van der Waals surface area contributed by atoms with Gasteiger partial charge >= 0.3 is 19.5 Å². The Kier molecular flexibility index (Phi) is 30.6. The van der Waals surface area contributed by atoms with Crippen molar-refractivity contribution in [2.45, 2.75) is 40.5 Å². The molecule has 0 aliphatic rings. The van der Waals surface area contributed by atoms with Crippen LogP contribution in [0.1, 0.15) is 46.2 Å². The van der Waals surface area contributed by atoms with Gasteiger partial charge in [-0.05, 0) is 5.92 Å². The maximum Gasteiger partial charge on any atom is 3.00 e. The van der Waals surface area contributed by atoms with Crippen LogP contribution in [0.15, 0.2) is 18.6 Å². The molecule has 0 unspecified atom stereocenters. The molecule has 0 saturated carbocycles. The van der Waals surface area contributed by atoms with Crippen LogP contribution in [0, 0.1) is 5.92 Å². The Bertz CT molecular complexity index is 239. The molecule has 4 nitrogen and oxygen atoms in total. The minimum atomic E-state index is 0. The van der Waals surface area contributed by atoms with E-state index in [4.69, 9.17) is 9.59 Å². The summed E-state index contributed by atoms with van der Waals surface area (Å²) >= 11 is 0. The van der Waals surface area contributed by atoms with E-state index in [9.17, 15) is 0 Å². The molecule has 0 aliphatic heterocycles. The second-order valence-corrected chi connectivity index (χ2v) is 3.78. The predicted octanol–water partition coefficient (Wildman–Crippen LogP) is 2.67. The average Bonchev–Trinajstić information content (AvgIpc) is 2.34. The van der Waals surface area contributed by atoms with Gasteiger partial charge in [-0.2, -0.15) is 20.8 Å². The molecule has 0 aromatic carbocycles. The standard InChI is InChI=1S/C7H10N2.C4H9.2CHO.Ru/c1-6(2)7-5-8-3-4-9-7;1-4(2)3;2*1-2;/h3-6H,1-2H3;1-3H3;2*1H;/q;3*-1;+3. The van der Waals surface area contributed by atoms with Gasteiger partial charge in [0.2, 0.25) is 0 Å². The van der Waals surface area contributed by atoms with Crippen molar-refractivity contribution in [2.24, 2.45) is 0 Å². The van der Waals surface area contributed by atoms with Crippen molar-refractivity contribution in [3.63, 3.8) is 0 Å². The fraction of sp³-hybridized carbons (Fsp3) is 0.462. The van der Waals surface area contributed by atoms with E-state index in [1.165, 1.54) is 5.92 Å². The van der Waals surface area contributed by atoms with E-state index in [0.29, 0.717) is 5.92 Å². The molecular formula is C13H21N2O2Ru. The molecule has 0 saturated heterocycles. The SMILES string of the molecule is CC(C)c1cnccn1.C[C-](C)C.[CH-]=O.[CH-]=O.[Ru+3]. The summed E-state index contributed by atoms with van der Waals surface area (Å²) in [5.74, 6) is 1.90. The zero-order valence-corrected chi connectivity index (χ0v) is 13.3. The summed E-state index contributed by atoms with van der Waals surface area (Å²) in [6.07, 6.45) is 5.20. The second kappa shape index (κ2) is 21.3. The Labute approximate surface area is 123 Å². The largest absolute Gasteiger partial charge is 3.00 e. The fourth-order valence-corrected chi connectivity index (χ4v) is 0.609. The van der Waals surface area contributed by atoms with Gasteiger partial charge in [-0.25, -0.2) is 0 Å². The number of carbonyl (C=O) groups excluding carboxylic acids is 2. The molecule has 1 rings (SSSR count). The van der Waals surface area contributed by atoms with E-state index >= 15 is 0 Å². The van der Waals surface area contributed by atoms with Crippen molar-refractivity contribution in [3.05, 3.63) is 30.2 Å². The zero-order chi connectivity index (χ0) is 14.3. The molecule has 0 aliphatic carbocycles. The Morgan fingerprint density at radius 2 is 1.44 bits per heavy atom. The zero-order valence-electron chi connectivity index (χ0n) is 11.5. The van der Waals surface area contributed by atoms with E-state index in [-0.39, 0.29) is 19.5 Å². The molecule has 5 heteroatoms. The van der Waals surface area contributed by atoms with Gasteiger partial charge in [0.1, 0.15) is 0 Å². The molecule has 0 N–H and O–H groups in total. The van der Waals surface area contributed by atoms with Crippen molar-refractivity contribution < 1.29 is 29.1 Å². The third-order valence-electron chi connectivity index (χ3n) is 1.17. The molecule has 1 heterocycles. The van der Waals surface area contributed by atoms with Crippen molar-refractivity contribution in [1.82, 2.24) is 9.97 Å². The van der Waals surface area contributed by atoms with Crippen LogP contribution in [0.25, 0.3) is 0 Å².